The Balaban J connectivity index is 1.60. The number of hydrogen-bond acceptors (Lipinski definition) is 3. The first-order valence-electron chi connectivity index (χ1n) is 9.13. The third-order valence-corrected chi connectivity index (χ3v) is 5.41. The molecule has 0 bridgehead atoms. The molecular formula is C21H25Cl2NO2. The molecule has 0 unspecified atom stereocenters. The van der Waals surface area contributed by atoms with E-state index in [1.165, 1.54) is 37.7 Å². The van der Waals surface area contributed by atoms with Crippen molar-refractivity contribution in [3.63, 3.8) is 0 Å². The summed E-state index contributed by atoms with van der Waals surface area (Å²) in [6.45, 7) is 1.22. The summed E-state index contributed by atoms with van der Waals surface area (Å²) in [6, 6.07) is 12.1. The number of halogens is 2. The van der Waals surface area contributed by atoms with Crippen molar-refractivity contribution in [2.75, 3.05) is 7.11 Å². The molecule has 3 nitrogen and oxygen atoms in total. The standard InChI is InChI=1S/C21H25Cl2NO2/c1-25-21-11-15(13-24-18-5-3-2-4-6-18)7-10-20(21)26-14-16-8-9-17(22)12-19(16)23/h7-12,18,24H,2-6,13-14H2,1H3. The topological polar surface area (TPSA) is 30.5 Å². The molecule has 1 aliphatic carbocycles. The largest absolute Gasteiger partial charge is 0.493 e. The van der Waals surface area contributed by atoms with Gasteiger partial charge in [0.05, 0.1) is 7.11 Å². The Hall–Kier alpha value is -1.42. The molecule has 3 rings (SSSR count). The summed E-state index contributed by atoms with van der Waals surface area (Å²) in [5, 5.41) is 4.87. The van der Waals surface area contributed by atoms with Gasteiger partial charge in [0.2, 0.25) is 0 Å². The molecule has 1 fully saturated rings. The van der Waals surface area contributed by atoms with Gasteiger partial charge in [-0.05, 0) is 42.7 Å². The van der Waals surface area contributed by atoms with Crippen molar-refractivity contribution in [2.45, 2.75) is 51.3 Å². The second-order valence-electron chi connectivity index (χ2n) is 6.73. The molecule has 0 amide bonds. The fraction of sp³-hybridized carbons (Fsp3) is 0.429. The zero-order valence-corrected chi connectivity index (χ0v) is 16.6. The van der Waals surface area contributed by atoms with Crippen LogP contribution in [0.25, 0.3) is 0 Å². The minimum Gasteiger partial charge on any atom is -0.493 e. The van der Waals surface area contributed by atoms with Crippen LogP contribution < -0.4 is 14.8 Å². The van der Waals surface area contributed by atoms with Crippen molar-refractivity contribution in [2.24, 2.45) is 0 Å². The molecule has 0 atom stereocenters. The summed E-state index contributed by atoms with van der Waals surface area (Å²) in [5.41, 5.74) is 2.09. The fourth-order valence-electron chi connectivity index (χ4n) is 3.30. The molecule has 2 aromatic carbocycles. The maximum Gasteiger partial charge on any atom is 0.161 e. The molecule has 0 spiro atoms. The third-order valence-electron chi connectivity index (χ3n) is 4.83. The van der Waals surface area contributed by atoms with E-state index in [1.807, 2.05) is 24.3 Å². The second kappa shape index (κ2) is 9.50. The lowest BCUT2D eigenvalue weighted by molar-refractivity contribution is 0.284. The van der Waals surface area contributed by atoms with Crippen LogP contribution in [0.4, 0.5) is 0 Å². The molecule has 5 heteroatoms. The van der Waals surface area contributed by atoms with E-state index in [-0.39, 0.29) is 0 Å². The van der Waals surface area contributed by atoms with Gasteiger partial charge in [-0.2, -0.15) is 0 Å². The first-order chi connectivity index (χ1) is 12.7. The number of nitrogens with one attached hydrogen (secondary N) is 1. The van der Waals surface area contributed by atoms with Crippen molar-refractivity contribution >= 4 is 23.2 Å². The van der Waals surface area contributed by atoms with E-state index in [9.17, 15) is 0 Å². The Bertz CT molecular complexity index is 730. The normalized spacial score (nSPS) is 15.0. The van der Waals surface area contributed by atoms with Crippen LogP contribution in [-0.2, 0) is 13.2 Å². The summed E-state index contributed by atoms with van der Waals surface area (Å²) in [5.74, 6) is 1.44. The highest BCUT2D eigenvalue weighted by atomic mass is 35.5. The molecule has 1 aliphatic rings. The lowest BCUT2D eigenvalue weighted by Crippen LogP contribution is -2.30. The Morgan fingerprint density at radius 3 is 2.54 bits per heavy atom. The first kappa shape index (κ1) is 19.3. The SMILES string of the molecule is COc1cc(CNC2CCCCC2)ccc1OCc1ccc(Cl)cc1Cl. The molecule has 0 aliphatic heterocycles. The first-order valence-corrected chi connectivity index (χ1v) is 9.88. The number of ether oxygens (including phenoxy) is 2. The van der Waals surface area contributed by atoms with Crippen molar-refractivity contribution in [1.29, 1.82) is 0 Å². The third kappa shape index (κ3) is 5.29. The van der Waals surface area contributed by atoms with E-state index < -0.39 is 0 Å². The zero-order chi connectivity index (χ0) is 18.4. The maximum absolute atomic E-state index is 6.21. The molecule has 1 N–H and O–H groups in total. The van der Waals surface area contributed by atoms with Gasteiger partial charge >= 0.3 is 0 Å². The van der Waals surface area contributed by atoms with E-state index in [0.29, 0.717) is 28.4 Å². The van der Waals surface area contributed by atoms with Crippen LogP contribution in [0.1, 0.15) is 43.2 Å². The highest BCUT2D eigenvalue weighted by Crippen LogP contribution is 2.30. The fourth-order valence-corrected chi connectivity index (χ4v) is 3.77. The minimum atomic E-state index is 0.367. The predicted octanol–water partition coefficient (Wildman–Crippen LogP) is 6.00. The summed E-state index contributed by atoms with van der Waals surface area (Å²) in [7, 11) is 1.66. The van der Waals surface area contributed by atoms with Crippen molar-refractivity contribution < 1.29 is 9.47 Å². The molecule has 26 heavy (non-hydrogen) atoms. The van der Waals surface area contributed by atoms with Gasteiger partial charge in [0.25, 0.3) is 0 Å². The van der Waals surface area contributed by atoms with Crippen LogP contribution in [0.3, 0.4) is 0 Å². The number of hydrogen-bond donors (Lipinski definition) is 1. The highest BCUT2D eigenvalue weighted by Gasteiger charge is 2.13. The van der Waals surface area contributed by atoms with E-state index in [0.717, 1.165) is 17.9 Å². The number of benzene rings is 2. The molecule has 0 heterocycles. The monoisotopic (exact) mass is 393 g/mol. The maximum atomic E-state index is 6.21. The quantitative estimate of drug-likeness (QED) is 0.625. The Labute approximate surface area is 165 Å². The van der Waals surface area contributed by atoms with E-state index in [4.69, 9.17) is 32.7 Å². The van der Waals surface area contributed by atoms with Crippen LogP contribution >= 0.6 is 23.2 Å². The highest BCUT2D eigenvalue weighted by molar-refractivity contribution is 6.35. The van der Waals surface area contributed by atoms with E-state index in [1.54, 1.807) is 13.2 Å². The average Bonchev–Trinajstić information content (AvgIpc) is 2.67. The summed E-state index contributed by atoms with van der Waals surface area (Å²) >= 11 is 12.1. The summed E-state index contributed by atoms with van der Waals surface area (Å²) in [4.78, 5) is 0. The molecule has 0 radical (unpaired) electrons. The number of methoxy groups -OCH3 is 1. The smallest absolute Gasteiger partial charge is 0.161 e. The number of rotatable bonds is 7. The molecule has 140 valence electrons. The van der Waals surface area contributed by atoms with Crippen LogP contribution in [0.5, 0.6) is 11.5 Å². The minimum absolute atomic E-state index is 0.367. The average molecular weight is 394 g/mol. The van der Waals surface area contributed by atoms with Crippen LogP contribution in [0.15, 0.2) is 36.4 Å². The van der Waals surface area contributed by atoms with Gasteiger partial charge in [-0.1, -0.05) is 54.6 Å². The molecule has 2 aromatic rings. The van der Waals surface area contributed by atoms with Crippen LogP contribution in [0.2, 0.25) is 10.0 Å². The van der Waals surface area contributed by atoms with Crippen molar-refractivity contribution in [3.05, 3.63) is 57.6 Å². The lowest BCUT2D eigenvalue weighted by Gasteiger charge is -2.23. The molecule has 1 saturated carbocycles. The van der Waals surface area contributed by atoms with Crippen LogP contribution in [0, 0.1) is 0 Å². The molecular weight excluding hydrogens is 369 g/mol. The van der Waals surface area contributed by atoms with Crippen molar-refractivity contribution in [1.82, 2.24) is 5.32 Å². The Morgan fingerprint density at radius 1 is 1.00 bits per heavy atom. The van der Waals surface area contributed by atoms with Gasteiger partial charge in [-0.3, -0.25) is 0 Å². The Kier molecular flexibility index (Phi) is 7.07. The van der Waals surface area contributed by atoms with Crippen LogP contribution in [-0.4, -0.2) is 13.2 Å². The van der Waals surface area contributed by atoms with E-state index >= 15 is 0 Å². The zero-order valence-electron chi connectivity index (χ0n) is 15.1. The predicted molar refractivity (Wildman–Crippen MR) is 108 cm³/mol. The Morgan fingerprint density at radius 2 is 1.81 bits per heavy atom. The van der Waals surface area contributed by atoms with Gasteiger partial charge in [0, 0.05) is 28.2 Å². The van der Waals surface area contributed by atoms with Gasteiger partial charge in [0.1, 0.15) is 6.61 Å². The van der Waals surface area contributed by atoms with E-state index in [2.05, 4.69) is 11.4 Å². The summed E-state index contributed by atoms with van der Waals surface area (Å²) < 4.78 is 11.4. The van der Waals surface area contributed by atoms with Gasteiger partial charge in [0.15, 0.2) is 11.5 Å². The van der Waals surface area contributed by atoms with Gasteiger partial charge in [-0.15, -0.1) is 0 Å². The second-order valence-corrected chi connectivity index (χ2v) is 7.57. The lowest BCUT2D eigenvalue weighted by atomic mass is 9.95. The van der Waals surface area contributed by atoms with Crippen molar-refractivity contribution in [3.8, 4) is 11.5 Å². The summed E-state index contributed by atoms with van der Waals surface area (Å²) in [6.07, 6.45) is 6.60. The molecule has 0 aromatic heterocycles. The van der Waals surface area contributed by atoms with Gasteiger partial charge < -0.3 is 14.8 Å². The molecule has 0 saturated heterocycles. The van der Waals surface area contributed by atoms with Gasteiger partial charge in [-0.25, -0.2) is 0 Å².